The molecular formula is C32H35N7O4. The van der Waals surface area contributed by atoms with Gasteiger partial charge in [-0.3, -0.25) is 14.6 Å². The molecule has 5 rings (SSSR count). The number of fused-ring (bicyclic) bond motifs is 1. The number of hydrogen-bond acceptors (Lipinski definition) is 8. The normalized spacial score (nSPS) is 18.1. The van der Waals surface area contributed by atoms with E-state index < -0.39 is 11.7 Å². The van der Waals surface area contributed by atoms with Crippen molar-refractivity contribution < 1.29 is 19.1 Å². The quantitative estimate of drug-likeness (QED) is 0.443. The summed E-state index contributed by atoms with van der Waals surface area (Å²) in [6.45, 7) is 9.76. The van der Waals surface area contributed by atoms with Gasteiger partial charge in [-0.2, -0.15) is 5.26 Å². The Bertz CT molecular complexity index is 1570. The highest BCUT2D eigenvalue weighted by molar-refractivity contribution is 5.95. The minimum atomic E-state index is -0.585. The van der Waals surface area contributed by atoms with Gasteiger partial charge in [0.2, 0.25) is 5.91 Å². The number of nitriles is 1. The van der Waals surface area contributed by atoms with Gasteiger partial charge in [-0.05, 0) is 75.6 Å². The van der Waals surface area contributed by atoms with Crippen LogP contribution in [0.5, 0.6) is 0 Å². The molecule has 0 radical (unpaired) electrons. The molecule has 2 aromatic heterocycles. The molecule has 1 fully saturated rings. The van der Waals surface area contributed by atoms with Crippen LogP contribution in [-0.2, 0) is 9.53 Å². The van der Waals surface area contributed by atoms with Crippen molar-refractivity contribution in [2.75, 3.05) is 23.3 Å². The molecule has 0 unspecified atom stereocenters. The molecule has 2 N–H and O–H groups in total. The van der Waals surface area contributed by atoms with Gasteiger partial charge >= 0.3 is 6.09 Å². The molecule has 0 aliphatic carbocycles. The van der Waals surface area contributed by atoms with Crippen molar-refractivity contribution in [1.82, 2.24) is 20.2 Å². The summed E-state index contributed by atoms with van der Waals surface area (Å²) in [5.74, 6) is 0.405. The van der Waals surface area contributed by atoms with Crippen LogP contribution in [0.2, 0.25) is 0 Å². The summed E-state index contributed by atoms with van der Waals surface area (Å²) >= 11 is 0. The highest BCUT2D eigenvalue weighted by Crippen LogP contribution is 2.41. The minimum absolute atomic E-state index is 0.0286. The number of rotatable bonds is 5. The van der Waals surface area contributed by atoms with Crippen LogP contribution in [-0.4, -0.2) is 63.5 Å². The fourth-order valence-electron chi connectivity index (χ4n) is 5.45. The molecule has 3 aromatic rings. The molecule has 0 saturated carbocycles. The molecule has 11 nitrogen and oxygen atoms in total. The number of pyridine rings is 2. The minimum Gasteiger partial charge on any atom is -0.444 e. The summed E-state index contributed by atoms with van der Waals surface area (Å²) in [7, 11) is 0. The van der Waals surface area contributed by atoms with Gasteiger partial charge in [0.15, 0.2) is 0 Å². The van der Waals surface area contributed by atoms with Gasteiger partial charge in [-0.1, -0.05) is 12.1 Å². The first-order valence-corrected chi connectivity index (χ1v) is 14.2. The third-order valence-corrected chi connectivity index (χ3v) is 7.44. The Kier molecular flexibility index (Phi) is 8.04. The number of likely N-dealkylation sites (tertiary alicyclic amines) is 1. The average molecular weight is 582 g/mol. The predicted octanol–water partition coefficient (Wildman–Crippen LogP) is 4.66. The average Bonchev–Trinajstić information content (AvgIpc) is 2.93. The first kappa shape index (κ1) is 29.5. The summed E-state index contributed by atoms with van der Waals surface area (Å²) in [5.41, 5.74) is 3.71. The summed E-state index contributed by atoms with van der Waals surface area (Å²) < 4.78 is 5.28. The van der Waals surface area contributed by atoms with Crippen LogP contribution in [0.1, 0.15) is 68.7 Å². The first-order valence-electron chi connectivity index (χ1n) is 14.2. The summed E-state index contributed by atoms with van der Waals surface area (Å²) in [6, 6.07) is 14.8. The fraction of sp³-hybridized carbons (Fsp3) is 0.375. The number of benzene rings is 1. The van der Waals surface area contributed by atoms with Crippen molar-refractivity contribution in [3.63, 3.8) is 0 Å². The number of nitrogens with zero attached hydrogens (tertiary/aromatic N) is 5. The first-order chi connectivity index (χ1) is 20.4. The Labute approximate surface area is 250 Å². The van der Waals surface area contributed by atoms with E-state index in [0.717, 1.165) is 22.4 Å². The van der Waals surface area contributed by atoms with Crippen molar-refractivity contribution in [2.24, 2.45) is 0 Å². The standard InChI is InChI=1S/C32H35N7O4/c1-19-12-27(37-29-11-6-21(14-33)15-35-29)25-13-22(8-10-28(25)39(19)20(2)40)23-7-9-26(34-16-23)30(41)38-17-24(18-38)36-31(42)43-32(3,4)5/h6-11,13,15-16,19,24,27H,12,17-18H2,1-5H3,(H,35,37)(H,36,42)/t19-,27+/m0/s1. The second-order valence-corrected chi connectivity index (χ2v) is 12.0. The van der Waals surface area contributed by atoms with Crippen LogP contribution in [0.25, 0.3) is 11.1 Å². The van der Waals surface area contributed by atoms with Crippen LogP contribution >= 0.6 is 0 Å². The monoisotopic (exact) mass is 581 g/mol. The molecule has 2 aliphatic heterocycles. The molecule has 1 saturated heterocycles. The number of alkyl carbamates (subject to hydrolysis) is 1. The Morgan fingerprint density at radius 1 is 1.02 bits per heavy atom. The van der Waals surface area contributed by atoms with E-state index in [-0.39, 0.29) is 29.9 Å². The van der Waals surface area contributed by atoms with Crippen molar-refractivity contribution in [3.05, 3.63) is 71.7 Å². The number of carbonyl (C=O) groups excluding carboxylic acids is 3. The Morgan fingerprint density at radius 3 is 2.37 bits per heavy atom. The Morgan fingerprint density at radius 2 is 1.77 bits per heavy atom. The number of carbonyl (C=O) groups is 3. The van der Waals surface area contributed by atoms with E-state index in [1.165, 1.54) is 6.20 Å². The highest BCUT2D eigenvalue weighted by Gasteiger charge is 2.35. The lowest BCUT2D eigenvalue weighted by molar-refractivity contribution is -0.117. The third kappa shape index (κ3) is 6.59. The molecule has 2 aliphatic rings. The molecular weight excluding hydrogens is 546 g/mol. The molecule has 0 spiro atoms. The van der Waals surface area contributed by atoms with Crippen LogP contribution in [0, 0.1) is 11.3 Å². The van der Waals surface area contributed by atoms with E-state index in [4.69, 9.17) is 10.00 Å². The van der Waals surface area contributed by atoms with Gasteiger partial charge in [0.1, 0.15) is 23.2 Å². The third-order valence-electron chi connectivity index (χ3n) is 7.44. The lowest BCUT2D eigenvalue weighted by atomic mass is 9.89. The molecule has 2 atom stereocenters. The molecule has 43 heavy (non-hydrogen) atoms. The summed E-state index contributed by atoms with van der Waals surface area (Å²) in [5, 5.41) is 15.4. The van der Waals surface area contributed by atoms with E-state index in [9.17, 15) is 14.4 Å². The zero-order valence-electron chi connectivity index (χ0n) is 24.9. The Balaban J connectivity index is 1.31. The van der Waals surface area contributed by atoms with Gasteiger partial charge in [0, 0.05) is 49.7 Å². The maximum Gasteiger partial charge on any atom is 0.407 e. The SMILES string of the molecule is CC(=O)N1c2ccc(-c3ccc(C(=O)N4CC(NC(=O)OC(C)(C)C)C4)nc3)cc2[C@H](Nc2ccc(C#N)cn2)C[C@@H]1C. The summed E-state index contributed by atoms with van der Waals surface area (Å²) in [6.07, 6.45) is 3.37. The molecule has 222 valence electrons. The smallest absolute Gasteiger partial charge is 0.407 e. The van der Waals surface area contributed by atoms with E-state index in [1.807, 2.05) is 36.1 Å². The van der Waals surface area contributed by atoms with Gasteiger partial charge in [0.05, 0.1) is 17.6 Å². The number of ether oxygens (including phenoxy) is 1. The number of aromatic nitrogens is 2. The lowest BCUT2D eigenvalue weighted by Gasteiger charge is -2.39. The maximum absolute atomic E-state index is 13.0. The second-order valence-electron chi connectivity index (χ2n) is 12.0. The highest BCUT2D eigenvalue weighted by atomic mass is 16.6. The predicted molar refractivity (Wildman–Crippen MR) is 161 cm³/mol. The van der Waals surface area contributed by atoms with Crippen molar-refractivity contribution in [2.45, 2.75) is 64.8 Å². The number of amides is 3. The van der Waals surface area contributed by atoms with Gasteiger partial charge in [-0.15, -0.1) is 0 Å². The topological polar surface area (TPSA) is 141 Å². The van der Waals surface area contributed by atoms with Crippen LogP contribution in [0.3, 0.4) is 0 Å². The van der Waals surface area contributed by atoms with E-state index >= 15 is 0 Å². The van der Waals surface area contributed by atoms with Crippen molar-refractivity contribution >= 4 is 29.4 Å². The molecule has 0 bridgehead atoms. The van der Waals surface area contributed by atoms with E-state index in [1.54, 1.807) is 57.0 Å². The zero-order chi connectivity index (χ0) is 30.9. The fourth-order valence-corrected chi connectivity index (χ4v) is 5.45. The van der Waals surface area contributed by atoms with E-state index in [0.29, 0.717) is 36.6 Å². The molecule has 4 heterocycles. The van der Waals surface area contributed by atoms with E-state index in [2.05, 4.69) is 26.7 Å². The second kappa shape index (κ2) is 11.7. The van der Waals surface area contributed by atoms with Gasteiger partial charge in [-0.25, -0.2) is 9.78 Å². The van der Waals surface area contributed by atoms with Crippen molar-refractivity contribution in [1.29, 1.82) is 5.26 Å². The van der Waals surface area contributed by atoms with Crippen molar-refractivity contribution in [3.8, 4) is 17.2 Å². The largest absolute Gasteiger partial charge is 0.444 e. The Hall–Kier alpha value is -4.98. The molecule has 1 aromatic carbocycles. The van der Waals surface area contributed by atoms with Crippen LogP contribution in [0.15, 0.2) is 54.9 Å². The van der Waals surface area contributed by atoms with Gasteiger partial charge < -0.3 is 25.2 Å². The summed E-state index contributed by atoms with van der Waals surface area (Å²) in [4.78, 5) is 49.8. The number of hydrogen-bond donors (Lipinski definition) is 2. The lowest BCUT2D eigenvalue weighted by Crippen LogP contribution is -2.61. The van der Waals surface area contributed by atoms with Crippen LogP contribution in [0.4, 0.5) is 16.3 Å². The zero-order valence-corrected chi connectivity index (χ0v) is 24.9. The maximum atomic E-state index is 13.0. The number of anilines is 2. The van der Waals surface area contributed by atoms with Gasteiger partial charge in [0.25, 0.3) is 5.91 Å². The molecule has 11 heteroatoms. The number of nitrogens with one attached hydrogen (secondary N) is 2. The molecule has 3 amide bonds. The van der Waals surface area contributed by atoms with Crippen LogP contribution < -0.4 is 15.5 Å².